The first-order valence-electron chi connectivity index (χ1n) is 8.35. The third-order valence-corrected chi connectivity index (χ3v) is 3.98. The zero-order valence-electron chi connectivity index (χ0n) is 14.7. The fraction of sp³-hybridized carbons (Fsp3) is 0.222. The third-order valence-electron chi connectivity index (χ3n) is 3.67. The van der Waals surface area contributed by atoms with Crippen molar-refractivity contribution < 1.29 is 18.9 Å². The van der Waals surface area contributed by atoms with E-state index in [1.807, 2.05) is 0 Å². The summed E-state index contributed by atoms with van der Waals surface area (Å²) in [6.07, 6.45) is 0.0715. The Morgan fingerprint density at radius 3 is 2.39 bits per heavy atom. The second kappa shape index (κ2) is 10.2. The highest BCUT2D eigenvalue weighted by atomic mass is 35.5. The molecule has 0 saturated heterocycles. The van der Waals surface area contributed by atoms with Crippen molar-refractivity contribution in [2.45, 2.75) is 6.42 Å². The van der Waals surface area contributed by atoms with Gasteiger partial charge >= 0.3 is 0 Å². The first-order valence-corrected chi connectivity index (χ1v) is 8.73. The molecule has 0 spiro atoms. The highest BCUT2D eigenvalue weighted by Crippen LogP contribution is 2.17. The Labute approximate surface area is 165 Å². The zero-order chi connectivity index (χ0) is 20.5. The van der Waals surface area contributed by atoms with Gasteiger partial charge in [0.05, 0.1) is 15.5 Å². The summed E-state index contributed by atoms with van der Waals surface area (Å²) in [4.78, 5) is 33.8. The lowest BCUT2D eigenvalue weighted by Gasteiger charge is -2.09. The Balaban J connectivity index is 1.63. The van der Waals surface area contributed by atoms with Gasteiger partial charge < -0.3 is 16.0 Å². The number of hydrogen-bond acceptors (Lipinski definition) is 5. The van der Waals surface area contributed by atoms with Crippen LogP contribution in [0, 0.1) is 15.9 Å². The molecule has 0 unspecified atom stereocenters. The number of benzene rings is 2. The second-order valence-corrected chi connectivity index (χ2v) is 6.12. The lowest BCUT2D eigenvalue weighted by molar-refractivity contribution is -0.384. The molecule has 2 aromatic rings. The molecule has 0 radical (unpaired) electrons. The Morgan fingerprint density at radius 2 is 1.75 bits per heavy atom. The van der Waals surface area contributed by atoms with Crippen LogP contribution >= 0.6 is 11.6 Å². The molecule has 3 N–H and O–H groups in total. The van der Waals surface area contributed by atoms with Crippen molar-refractivity contribution in [2.24, 2.45) is 0 Å². The van der Waals surface area contributed by atoms with E-state index >= 15 is 0 Å². The molecule has 0 bridgehead atoms. The minimum Gasteiger partial charge on any atom is -0.383 e. The quantitative estimate of drug-likeness (QED) is 0.335. The van der Waals surface area contributed by atoms with Crippen LogP contribution in [-0.2, 0) is 4.79 Å². The van der Waals surface area contributed by atoms with Crippen molar-refractivity contribution in [3.8, 4) is 0 Å². The van der Waals surface area contributed by atoms with Crippen LogP contribution in [0.15, 0.2) is 42.5 Å². The highest BCUT2D eigenvalue weighted by molar-refractivity contribution is 6.33. The van der Waals surface area contributed by atoms with Crippen molar-refractivity contribution >= 4 is 34.8 Å². The normalized spacial score (nSPS) is 10.2. The van der Waals surface area contributed by atoms with E-state index in [0.717, 1.165) is 12.1 Å². The molecule has 28 heavy (non-hydrogen) atoms. The molecule has 2 aromatic carbocycles. The number of nitro groups is 1. The Bertz CT molecular complexity index is 861. The number of carbonyl (C=O) groups excluding carboxylic acids is 2. The predicted octanol–water partition coefficient (Wildman–Crippen LogP) is 2.74. The number of rotatable bonds is 9. The lowest BCUT2D eigenvalue weighted by atomic mass is 10.2. The van der Waals surface area contributed by atoms with Gasteiger partial charge in [0.25, 0.3) is 11.6 Å². The maximum Gasteiger partial charge on any atom is 0.269 e. The summed E-state index contributed by atoms with van der Waals surface area (Å²) in [6.45, 7) is 0.878. The van der Waals surface area contributed by atoms with Crippen LogP contribution in [0.2, 0.25) is 5.02 Å². The van der Waals surface area contributed by atoms with Gasteiger partial charge in [-0.2, -0.15) is 0 Å². The van der Waals surface area contributed by atoms with Gasteiger partial charge in [0.2, 0.25) is 5.91 Å². The monoisotopic (exact) mass is 408 g/mol. The number of nitrogens with one attached hydrogen (secondary N) is 3. The van der Waals surface area contributed by atoms with Gasteiger partial charge in [-0.15, -0.1) is 0 Å². The molecule has 0 fully saturated rings. The van der Waals surface area contributed by atoms with Crippen LogP contribution in [0.5, 0.6) is 0 Å². The summed E-state index contributed by atoms with van der Waals surface area (Å²) in [7, 11) is 0. The number of anilines is 1. The predicted molar refractivity (Wildman–Crippen MR) is 103 cm³/mol. The molecule has 2 rings (SSSR count). The van der Waals surface area contributed by atoms with Gasteiger partial charge in [-0.3, -0.25) is 19.7 Å². The molecule has 2 amide bonds. The van der Waals surface area contributed by atoms with Crippen LogP contribution in [0.1, 0.15) is 16.8 Å². The molecular weight excluding hydrogens is 391 g/mol. The Morgan fingerprint density at radius 1 is 1.04 bits per heavy atom. The molecule has 0 aliphatic rings. The molecule has 148 valence electrons. The van der Waals surface area contributed by atoms with Crippen LogP contribution in [-0.4, -0.2) is 36.4 Å². The topological polar surface area (TPSA) is 113 Å². The number of nitro benzene ring substituents is 1. The van der Waals surface area contributed by atoms with Crippen LogP contribution in [0.4, 0.5) is 15.8 Å². The molecule has 0 aliphatic heterocycles. The number of amides is 2. The van der Waals surface area contributed by atoms with Gasteiger partial charge in [-0.1, -0.05) is 11.6 Å². The average Bonchev–Trinajstić information content (AvgIpc) is 2.65. The third kappa shape index (κ3) is 6.51. The van der Waals surface area contributed by atoms with Crippen molar-refractivity contribution in [1.29, 1.82) is 0 Å². The van der Waals surface area contributed by atoms with Gasteiger partial charge in [0, 0.05) is 43.9 Å². The molecule has 8 nitrogen and oxygen atoms in total. The molecule has 0 heterocycles. The van der Waals surface area contributed by atoms with Gasteiger partial charge in [0.1, 0.15) is 5.82 Å². The summed E-state index contributed by atoms with van der Waals surface area (Å²) in [5.74, 6) is -1.28. The van der Waals surface area contributed by atoms with Gasteiger partial charge in [-0.05, 0) is 30.3 Å². The summed E-state index contributed by atoms with van der Waals surface area (Å²) < 4.78 is 13.0. The van der Waals surface area contributed by atoms with E-state index in [-0.39, 0.29) is 35.1 Å². The van der Waals surface area contributed by atoms with Crippen molar-refractivity contribution in [1.82, 2.24) is 10.6 Å². The number of hydrogen-bond donors (Lipinski definition) is 3. The van der Waals surface area contributed by atoms with E-state index in [2.05, 4.69) is 16.0 Å². The average molecular weight is 409 g/mol. The minimum atomic E-state index is -0.539. The van der Waals surface area contributed by atoms with E-state index < -0.39 is 16.6 Å². The zero-order valence-corrected chi connectivity index (χ0v) is 15.5. The Kier molecular flexibility index (Phi) is 7.70. The van der Waals surface area contributed by atoms with Crippen molar-refractivity contribution in [3.63, 3.8) is 0 Å². The fourth-order valence-electron chi connectivity index (χ4n) is 2.26. The number of halogens is 2. The number of carbonyl (C=O) groups is 2. The second-order valence-electron chi connectivity index (χ2n) is 5.71. The maximum atomic E-state index is 13.0. The fourth-order valence-corrected chi connectivity index (χ4v) is 2.51. The molecule has 0 aromatic heterocycles. The first-order chi connectivity index (χ1) is 13.4. The smallest absolute Gasteiger partial charge is 0.269 e. The van der Waals surface area contributed by atoms with Crippen LogP contribution < -0.4 is 16.0 Å². The SMILES string of the molecule is O=C(CCNC(=O)c1ccc(F)cc1Cl)NCCNc1ccc([N+](=O)[O-])cc1. The van der Waals surface area contributed by atoms with Gasteiger partial charge in [0.15, 0.2) is 0 Å². The van der Waals surface area contributed by atoms with Crippen molar-refractivity contribution in [3.05, 3.63) is 69.0 Å². The van der Waals surface area contributed by atoms with Crippen LogP contribution in [0.3, 0.4) is 0 Å². The van der Waals surface area contributed by atoms with E-state index in [4.69, 9.17) is 11.6 Å². The molecule has 0 atom stereocenters. The molecule has 0 saturated carbocycles. The standard InChI is InChI=1S/C18H18ClFN4O4/c19-16-11-12(20)1-6-15(16)18(26)23-8-7-17(25)22-10-9-21-13-2-4-14(5-3-13)24(27)28/h1-6,11,21H,7-10H2,(H,22,25)(H,23,26). The van der Waals surface area contributed by atoms with Crippen LogP contribution in [0.25, 0.3) is 0 Å². The molecular formula is C18H18ClFN4O4. The highest BCUT2D eigenvalue weighted by Gasteiger charge is 2.11. The van der Waals surface area contributed by atoms with E-state index in [1.54, 1.807) is 12.1 Å². The van der Waals surface area contributed by atoms with E-state index in [1.165, 1.54) is 18.2 Å². The largest absolute Gasteiger partial charge is 0.383 e. The van der Waals surface area contributed by atoms with E-state index in [0.29, 0.717) is 18.8 Å². The Hall–Kier alpha value is -3.20. The first kappa shape index (κ1) is 21.1. The minimum absolute atomic E-state index is 0.000676. The lowest BCUT2D eigenvalue weighted by Crippen LogP contribution is -2.33. The van der Waals surface area contributed by atoms with Crippen molar-refractivity contribution in [2.75, 3.05) is 25.0 Å². The van der Waals surface area contributed by atoms with Gasteiger partial charge in [-0.25, -0.2) is 4.39 Å². The summed E-state index contributed by atoms with van der Waals surface area (Å²) in [5.41, 5.74) is 0.835. The molecule has 10 heteroatoms. The number of nitrogens with zero attached hydrogens (tertiary/aromatic N) is 1. The van der Waals surface area contributed by atoms with E-state index in [9.17, 15) is 24.1 Å². The molecule has 0 aliphatic carbocycles. The summed E-state index contributed by atoms with van der Waals surface area (Å²) in [5, 5.41) is 18.8. The maximum absolute atomic E-state index is 13.0. The summed E-state index contributed by atoms with van der Waals surface area (Å²) in [6, 6.07) is 9.38. The number of non-ortho nitro benzene ring substituents is 1. The summed E-state index contributed by atoms with van der Waals surface area (Å²) >= 11 is 5.80.